The van der Waals surface area contributed by atoms with Crippen LogP contribution >= 0.6 is 0 Å². The lowest BCUT2D eigenvalue weighted by atomic mass is 9.98. The van der Waals surface area contributed by atoms with Crippen molar-refractivity contribution in [1.29, 1.82) is 0 Å². The number of carboxylic acids is 1. The molecular formula is C61H94O12. The molecular weight excluding hydrogens is 925 g/mol. The first-order valence-electron chi connectivity index (χ1n) is 27.5. The molecule has 410 valence electrons. The summed E-state index contributed by atoms with van der Waals surface area (Å²) in [6.45, 7) is 5.60. The lowest BCUT2D eigenvalue weighted by Crippen LogP contribution is -2.61. The smallest absolute Gasteiger partial charge is 0.335 e. The summed E-state index contributed by atoms with van der Waals surface area (Å²) in [5, 5.41) is 31.4. The number of aliphatic carboxylic acids is 1. The molecule has 0 aliphatic carbocycles. The van der Waals surface area contributed by atoms with Gasteiger partial charge in [-0.2, -0.15) is 0 Å². The zero-order valence-electron chi connectivity index (χ0n) is 44.8. The zero-order chi connectivity index (χ0) is 53.3. The van der Waals surface area contributed by atoms with Crippen molar-refractivity contribution in [2.24, 2.45) is 0 Å². The van der Waals surface area contributed by atoms with Crippen LogP contribution in [0.5, 0.6) is 0 Å². The molecule has 0 spiro atoms. The standard InChI is InChI=1S/C61H94O12/c1-4-7-10-13-16-19-22-25-27-30-32-35-38-41-44-47-53(62)69-50-52(71-54(63)48-45-42-39-36-33-29-24-21-18-15-12-9-6-3)51-70-61-59(57(66)56(65)58(73-61)60(67)68)72-55(64)49-46-43-40-37-34-31-28-26-23-20-17-14-11-8-5-2/h7-8,10-12,15-17,19-21,24-28,32,34-35,37,52,56-59,61,65-66H,4-6,9,13-14,18,22-23,29-31,33,36,38-51H2,1-3H3,(H,67,68)/b10-7-,11-8-,15-12-,19-16-,20-17-,24-21-,27-25-,28-26-,35-32-,37-34-. The van der Waals surface area contributed by atoms with Crippen LogP contribution in [0.25, 0.3) is 0 Å². The molecule has 1 saturated heterocycles. The highest BCUT2D eigenvalue weighted by Gasteiger charge is 2.50. The maximum Gasteiger partial charge on any atom is 0.335 e. The molecule has 12 heteroatoms. The second kappa shape index (κ2) is 48.1. The van der Waals surface area contributed by atoms with Gasteiger partial charge in [0.25, 0.3) is 0 Å². The monoisotopic (exact) mass is 1020 g/mol. The zero-order valence-corrected chi connectivity index (χ0v) is 44.8. The summed E-state index contributed by atoms with van der Waals surface area (Å²) < 4.78 is 28.2. The normalized spacial score (nSPS) is 19.3. The van der Waals surface area contributed by atoms with Gasteiger partial charge in [0, 0.05) is 19.3 Å². The van der Waals surface area contributed by atoms with E-state index in [1.165, 1.54) is 0 Å². The van der Waals surface area contributed by atoms with Gasteiger partial charge < -0.3 is 39.0 Å². The fourth-order valence-electron chi connectivity index (χ4n) is 7.33. The average molecular weight is 1020 g/mol. The Kier molecular flexibility index (Phi) is 43.6. The number of rotatable bonds is 44. The van der Waals surface area contributed by atoms with Crippen LogP contribution in [-0.2, 0) is 42.9 Å². The van der Waals surface area contributed by atoms with Crippen molar-refractivity contribution >= 4 is 23.9 Å². The largest absolute Gasteiger partial charge is 0.479 e. The maximum absolute atomic E-state index is 13.1. The number of ether oxygens (including phenoxy) is 5. The van der Waals surface area contributed by atoms with E-state index in [0.717, 1.165) is 122 Å². The number of carbonyl (C=O) groups excluding carboxylic acids is 3. The minimum atomic E-state index is -1.93. The third-order valence-corrected chi connectivity index (χ3v) is 11.5. The van der Waals surface area contributed by atoms with E-state index in [0.29, 0.717) is 25.7 Å². The molecule has 1 aliphatic heterocycles. The number of esters is 3. The summed E-state index contributed by atoms with van der Waals surface area (Å²) in [5.74, 6) is -3.27. The van der Waals surface area contributed by atoms with E-state index in [4.69, 9.17) is 23.7 Å². The van der Waals surface area contributed by atoms with Gasteiger partial charge in [-0.1, -0.05) is 168 Å². The molecule has 0 bridgehead atoms. The van der Waals surface area contributed by atoms with Crippen molar-refractivity contribution in [2.45, 2.75) is 225 Å². The van der Waals surface area contributed by atoms with Crippen LogP contribution in [-0.4, -0.2) is 89.2 Å². The van der Waals surface area contributed by atoms with E-state index in [1.807, 2.05) is 0 Å². The predicted molar refractivity (Wildman–Crippen MR) is 293 cm³/mol. The highest BCUT2D eigenvalue weighted by molar-refractivity contribution is 5.74. The molecule has 1 heterocycles. The summed E-state index contributed by atoms with van der Waals surface area (Å²) in [4.78, 5) is 51.0. The minimum absolute atomic E-state index is 0.00436. The number of hydrogen-bond acceptors (Lipinski definition) is 11. The third-order valence-electron chi connectivity index (χ3n) is 11.5. The van der Waals surface area contributed by atoms with Crippen molar-refractivity contribution in [2.75, 3.05) is 13.2 Å². The fourth-order valence-corrected chi connectivity index (χ4v) is 7.33. The molecule has 12 nitrogen and oxygen atoms in total. The molecule has 6 atom stereocenters. The minimum Gasteiger partial charge on any atom is -0.479 e. The number of carboxylic acid groups (broad SMARTS) is 1. The number of carbonyl (C=O) groups is 4. The van der Waals surface area contributed by atoms with E-state index in [2.05, 4.69) is 142 Å². The van der Waals surface area contributed by atoms with Crippen molar-refractivity contribution in [3.05, 3.63) is 122 Å². The van der Waals surface area contributed by atoms with Crippen LogP contribution in [0.2, 0.25) is 0 Å². The Labute approximate surface area is 439 Å². The van der Waals surface area contributed by atoms with Gasteiger partial charge >= 0.3 is 23.9 Å². The molecule has 0 aromatic carbocycles. The first kappa shape index (κ1) is 66.1. The van der Waals surface area contributed by atoms with Crippen molar-refractivity contribution < 1.29 is 58.2 Å². The van der Waals surface area contributed by atoms with Gasteiger partial charge in [0.05, 0.1) is 6.61 Å². The van der Waals surface area contributed by atoms with Gasteiger partial charge in [-0.3, -0.25) is 14.4 Å². The van der Waals surface area contributed by atoms with E-state index in [9.17, 15) is 34.5 Å². The molecule has 0 saturated carbocycles. The summed E-state index contributed by atoms with van der Waals surface area (Å²) in [7, 11) is 0. The van der Waals surface area contributed by atoms with Gasteiger partial charge in [-0.15, -0.1) is 0 Å². The van der Waals surface area contributed by atoms with E-state index >= 15 is 0 Å². The van der Waals surface area contributed by atoms with Gasteiger partial charge in [-0.05, 0) is 122 Å². The molecule has 0 aromatic rings. The number of aliphatic hydroxyl groups excluding tert-OH is 2. The Morgan fingerprint density at radius 3 is 1.34 bits per heavy atom. The summed E-state index contributed by atoms with van der Waals surface area (Å²) in [6, 6.07) is 0. The summed E-state index contributed by atoms with van der Waals surface area (Å²) in [6.07, 6.45) is 53.2. The average Bonchev–Trinajstić information content (AvgIpc) is 3.37. The maximum atomic E-state index is 13.1. The number of aliphatic hydroxyl groups is 2. The molecule has 0 radical (unpaired) electrons. The van der Waals surface area contributed by atoms with Crippen LogP contribution in [0.4, 0.5) is 0 Å². The lowest BCUT2D eigenvalue weighted by Gasteiger charge is -2.40. The fraction of sp³-hybridized carbons (Fsp3) is 0.607. The van der Waals surface area contributed by atoms with Crippen molar-refractivity contribution in [3.8, 4) is 0 Å². The second-order valence-electron chi connectivity index (χ2n) is 18.1. The molecule has 6 unspecified atom stereocenters. The Morgan fingerprint density at radius 2 is 0.863 bits per heavy atom. The Hall–Kier alpha value is -4.88. The Bertz CT molecular complexity index is 1730. The first-order chi connectivity index (χ1) is 35.6. The van der Waals surface area contributed by atoms with Gasteiger partial charge in [0.2, 0.25) is 0 Å². The van der Waals surface area contributed by atoms with E-state index < -0.39 is 67.3 Å². The molecule has 73 heavy (non-hydrogen) atoms. The van der Waals surface area contributed by atoms with Gasteiger partial charge in [-0.25, -0.2) is 4.79 Å². The molecule has 0 amide bonds. The van der Waals surface area contributed by atoms with Gasteiger partial charge in [0.15, 0.2) is 24.6 Å². The van der Waals surface area contributed by atoms with Gasteiger partial charge in [0.1, 0.15) is 18.8 Å². The number of allylic oxidation sites excluding steroid dienone is 20. The van der Waals surface area contributed by atoms with E-state index in [-0.39, 0.29) is 25.9 Å². The number of hydrogen-bond donors (Lipinski definition) is 3. The van der Waals surface area contributed by atoms with Crippen LogP contribution in [0.1, 0.15) is 188 Å². The van der Waals surface area contributed by atoms with E-state index in [1.54, 1.807) is 0 Å². The highest BCUT2D eigenvalue weighted by atomic mass is 16.7. The quantitative estimate of drug-likeness (QED) is 0.0228. The molecule has 1 aliphatic rings. The van der Waals surface area contributed by atoms with Crippen LogP contribution in [0.15, 0.2) is 122 Å². The summed E-state index contributed by atoms with van der Waals surface area (Å²) >= 11 is 0. The third kappa shape index (κ3) is 38.4. The SMILES string of the molecule is CC/C=C\C/C=C\C/C=C\C/C=C\CCCCC(=O)OCC(COC1OC(C(=O)O)C(O)C(O)C1OC(=O)CCCC/C=C\C/C=C\C/C=C\C/C=C\CC)OC(=O)CCCCCCC/C=C\C/C=C\CCC. The highest BCUT2D eigenvalue weighted by Crippen LogP contribution is 2.26. The van der Waals surface area contributed by atoms with Crippen LogP contribution < -0.4 is 0 Å². The Morgan fingerprint density at radius 1 is 0.466 bits per heavy atom. The molecule has 3 N–H and O–H groups in total. The topological polar surface area (TPSA) is 175 Å². The van der Waals surface area contributed by atoms with Crippen molar-refractivity contribution in [1.82, 2.24) is 0 Å². The lowest BCUT2D eigenvalue weighted by molar-refractivity contribution is -0.301. The summed E-state index contributed by atoms with van der Waals surface area (Å²) in [5.41, 5.74) is 0. The molecule has 1 rings (SSSR count). The van der Waals surface area contributed by atoms with Crippen molar-refractivity contribution in [3.63, 3.8) is 0 Å². The molecule has 0 aromatic heterocycles. The number of unbranched alkanes of at least 4 members (excludes halogenated alkanes) is 10. The predicted octanol–water partition coefficient (Wildman–Crippen LogP) is 13.7. The van der Waals surface area contributed by atoms with Crippen LogP contribution in [0.3, 0.4) is 0 Å². The first-order valence-corrected chi connectivity index (χ1v) is 27.5. The Balaban J connectivity index is 2.79. The molecule has 1 fully saturated rings. The van der Waals surface area contributed by atoms with Crippen LogP contribution in [0, 0.1) is 0 Å². The second-order valence-corrected chi connectivity index (χ2v) is 18.1.